The van der Waals surface area contributed by atoms with Crippen LogP contribution in [0, 0.1) is 11.3 Å². The molecule has 2 amide bonds. The summed E-state index contributed by atoms with van der Waals surface area (Å²) in [6.07, 6.45) is -4.76. The Kier molecular flexibility index (Phi) is 5.41. The molecule has 1 N–H and O–H groups in total. The molecule has 0 aromatic heterocycles. The van der Waals surface area contributed by atoms with Crippen molar-refractivity contribution in [3.05, 3.63) is 24.3 Å². The monoisotopic (exact) mass is 301 g/mol. The quantitative estimate of drug-likeness (QED) is 0.867. The van der Waals surface area contributed by atoms with Crippen LogP contribution in [0.1, 0.15) is 13.8 Å². The molecule has 0 aliphatic rings. The van der Waals surface area contributed by atoms with E-state index in [4.69, 9.17) is 5.26 Å². The van der Waals surface area contributed by atoms with Gasteiger partial charge in [0.05, 0.1) is 6.07 Å². The van der Waals surface area contributed by atoms with Gasteiger partial charge in [0.15, 0.2) is 0 Å². The van der Waals surface area contributed by atoms with Gasteiger partial charge in [-0.1, -0.05) is 0 Å². The summed E-state index contributed by atoms with van der Waals surface area (Å²) in [4.78, 5) is 13.2. The van der Waals surface area contributed by atoms with E-state index in [1.165, 1.54) is 17.0 Å². The van der Waals surface area contributed by atoms with E-state index < -0.39 is 12.4 Å². The van der Waals surface area contributed by atoms with E-state index in [1.807, 2.05) is 6.07 Å². The van der Waals surface area contributed by atoms with Gasteiger partial charge < -0.3 is 15.0 Å². The summed E-state index contributed by atoms with van der Waals surface area (Å²) in [6.45, 7) is 3.41. The summed E-state index contributed by atoms with van der Waals surface area (Å²) in [7, 11) is 0. The van der Waals surface area contributed by atoms with Crippen molar-refractivity contribution in [2.45, 2.75) is 26.3 Å². The van der Waals surface area contributed by atoms with Gasteiger partial charge in [-0.15, -0.1) is 13.2 Å². The molecule has 0 saturated heterocycles. The Morgan fingerprint density at radius 1 is 1.38 bits per heavy atom. The van der Waals surface area contributed by atoms with Crippen LogP contribution in [-0.4, -0.2) is 29.9 Å². The summed E-state index contributed by atoms with van der Waals surface area (Å²) >= 11 is 0. The van der Waals surface area contributed by atoms with E-state index >= 15 is 0 Å². The lowest BCUT2D eigenvalue weighted by Gasteiger charge is -2.24. The summed E-state index contributed by atoms with van der Waals surface area (Å²) in [5.41, 5.74) is 0.304. The highest BCUT2D eigenvalue weighted by Gasteiger charge is 2.31. The lowest BCUT2D eigenvalue weighted by molar-refractivity contribution is -0.274. The first-order valence-corrected chi connectivity index (χ1v) is 6.03. The van der Waals surface area contributed by atoms with E-state index in [0.29, 0.717) is 5.69 Å². The van der Waals surface area contributed by atoms with E-state index in [9.17, 15) is 18.0 Å². The lowest BCUT2D eigenvalue weighted by atomic mass is 10.3. The molecule has 5 nitrogen and oxygen atoms in total. The molecule has 114 valence electrons. The Hall–Kier alpha value is -2.43. The molecule has 0 radical (unpaired) electrons. The van der Waals surface area contributed by atoms with Gasteiger partial charge in [-0.25, -0.2) is 4.79 Å². The van der Waals surface area contributed by atoms with Crippen LogP contribution in [0.25, 0.3) is 0 Å². The van der Waals surface area contributed by atoms with Crippen LogP contribution in [0.2, 0.25) is 0 Å². The topological polar surface area (TPSA) is 65.4 Å². The molecule has 0 atom stereocenters. The number of urea groups is 1. The van der Waals surface area contributed by atoms with E-state index in [-0.39, 0.29) is 18.3 Å². The van der Waals surface area contributed by atoms with Crippen molar-refractivity contribution in [1.82, 2.24) is 4.90 Å². The highest BCUT2D eigenvalue weighted by molar-refractivity contribution is 5.89. The number of hydrogen-bond acceptors (Lipinski definition) is 3. The third kappa shape index (κ3) is 5.60. The van der Waals surface area contributed by atoms with Crippen molar-refractivity contribution in [3.63, 3.8) is 0 Å². The van der Waals surface area contributed by atoms with Gasteiger partial charge in [0.25, 0.3) is 0 Å². The van der Waals surface area contributed by atoms with Crippen molar-refractivity contribution in [2.24, 2.45) is 0 Å². The van der Waals surface area contributed by atoms with Crippen LogP contribution in [-0.2, 0) is 0 Å². The molecule has 0 saturated carbocycles. The normalized spacial score (nSPS) is 10.9. The van der Waals surface area contributed by atoms with E-state index in [0.717, 1.165) is 12.1 Å². The second-order valence-corrected chi connectivity index (χ2v) is 4.38. The Labute approximate surface area is 119 Å². The number of nitriles is 1. The number of benzene rings is 1. The fourth-order valence-electron chi connectivity index (χ4n) is 1.50. The van der Waals surface area contributed by atoms with Crippen molar-refractivity contribution in [3.8, 4) is 11.8 Å². The maximum absolute atomic E-state index is 12.0. The molecule has 0 heterocycles. The van der Waals surface area contributed by atoms with Crippen molar-refractivity contribution >= 4 is 11.7 Å². The smallest absolute Gasteiger partial charge is 0.406 e. The first kappa shape index (κ1) is 16.6. The minimum absolute atomic E-state index is 0.0846. The zero-order valence-electron chi connectivity index (χ0n) is 11.4. The summed E-state index contributed by atoms with van der Waals surface area (Å²) in [5.74, 6) is -0.377. The Morgan fingerprint density at radius 2 is 1.95 bits per heavy atom. The fraction of sp³-hybridized carbons (Fsp3) is 0.385. The van der Waals surface area contributed by atoms with Crippen LogP contribution < -0.4 is 10.1 Å². The number of amides is 2. The number of hydrogen-bond donors (Lipinski definition) is 1. The maximum atomic E-state index is 12.0. The van der Waals surface area contributed by atoms with Crippen molar-refractivity contribution in [2.75, 3.05) is 11.9 Å². The van der Waals surface area contributed by atoms with Gasteiger partial charge in [0.1, 0.15) is 12.3 Å². The van der Waals surface area contributed by atoms with Crippen LogP contribution in [0.5, 0.6) is 5.75 Å². The van der Waals surface area contributed by atoms with Crippen LogP contribution in [0.3, 0.4) is 0 Å². The second kappa shape index (κ2) is 6.83. The molecule has 1 aromatic carbocycles. The first-order chi connectivity index (χ1) is 9.73. The SMILES string of the molecule is CC(C)N(CC#N)C(=O)Nc1ccc(OC(F)(F)F)cc1. The van der Waals surface area contributed by atoms with Gasteiger partial charge in [-0.3, -0.25) is 0 Å². The predicted molar refractivity (Wildman–Crippen MR) is 69.6 cm³/mol. The number of rotatable bonds is 4. The van der Waals surface area contributed by atoms with Crippen molar-refractivity contribution < 1.29 is 22.7 Å². The molecule has 0 aliphatic heterocycles. The Bertz CT molecular complexity index is 521. The van der Waals surface area contributed by atoms with Crippen molar-refractivity contribution in [1.29, 1.82) is 5.26 Å². The van der Waals surface area contributed by atoms with Gasteiger partial charge in [0.2, 0.25) is 0 Å². The molecular weight excluding hydrogens is 287 g/mol. The number of halogens is 3. The number of carbonyl (C=O) groups is 1. The zero-order chi connectivity index (χ0) is 16.0. The van der Waals surface area contributed by atoms with E-state index in [2.05, 4.69) is 10.1 Å². The summed E-state index contributed by atoms with van der Waals surface area (Å²) in [6, 6.07) is 5.93. The average Bonchev–Trinajstić information content (AvgIpc) is 2.36. The minimum atomic E-state index is -4.76. The number of nitrogens with one attached hydrogen (secondary N) is 1. The Balaban J connectivity index is 2.71. The molecule has 0 bridgehead atoms. The number of alkyl halides is 3. The number of nitrogens with zero attached hydrogens (tertiary/aromatic N) is 2. The molecule has 1 rings (SSSR count). The van der Waals surface area contributed by atoms with Gasteiger partial charge in [0, 0.05) is 11.7 Å². The van der Waals surface area contributed by atoms with Gasteiger partial charge >= 0.3 is 12.4 Å². The van der Waals surface area contributed by atoms with E-state index in [1.54, 1.807) is 13.8 Å². The average molecular weight is 301 g/mol. The second-order valence-electron chi connectivity index (χ2n) is 4.38. The number of carbonyl (C=O) groups excluding carboxylic acids is 1. The molecule has 0 aliphatic carbocycles. The molecule has 21 heavy (non-hydrogen) atoms. The summed E-state index contributed by atoms with van der Waals surface area (Å²) < 4.78 is 39.7. The van der Waals surface area contributed by atoms with Crippen LogP contribution >= 0.6 is 0 Å². The first-order valence-electron chi connectivity index (χ1n) is 6.03. The maximum Gasteiger partial charge on any atom is 0.573 e. The lowest BCUT2D eigenvalue weighted by Crippen LogP contribution is -2.40. The Morgan fingerprint density at radius 3 is 2.38 bits per heavy atom. The largest absolute Gasteiger partial charge is 0.573 e. The highest BCUT2D eigenvalue weighted by atomic mass is 19.4. The van der Waals surface area contributed by atoms with Crippen LogP contribution in [0.15, 0.2) is 24.3 Å². The molecule has 8 heteroatoms. The molecule has 0 unspecified atom stereocenters. The highest BCUT2D eigenvalue weighted by Crippen LogP contribution is 2.24. The predicted octanol–water partition coefficient (Wildman–Crippen LogP) is 3.35. The minimum Gasteiger partial charge on any atom is -0.406 e. The molecule has 0 fully saturated rings. The third-order valence-corrected chi connectivity index (χ3v) is 2.46. The number of anilines is 1. The molecule has 0 spiro atoms. The third-order valence-electron chi connectivity index (χ3n) is 2.46. The van der Waals surface area contributed by atoms with Gasteiger partial charge in [-0.05, 0) is 38.1 Å². The molecular formula is C13H14F3N3O2. The van der Waals surface area contributed by atoms with Gasteiger partial charge in [-0.2, -0.15) is 5.26 Å². The fourth-order valence-corrected chi connectivity index (χ4v) is 1.50. The standard InChI is InChI=1S/C13H14F3N3O2/c1-9(2)19(8-7-17)12(20)18-10-3-5-11(6-4-10)21-13(14,15)16/h3-6,9H,8H2,1-2H3,(H,18,20). The van der Waals surface area contributed by atoms with Crippen LogP contribution in [0.4, 0.5) is 23.7 Å². The zero-order valence-corrected chi connectivity index (χ0v) is 11.4. The molecule has 1 aromatic rings. The summed E-state index contributed by atoms with van der Waals surface area (Å²) in [5, 5.41) is 11.1. The number of ether oxygens (including phenoxy) is 1.